The third kappa shape index (κ3) is 3.67. The van der Waals surface area contributed by atoms with Crippen molar-refractivity contribution < 1.29 is 0 Å². The van der Waals surface area contributed by atoms with Crippen molar-refractivity contribution >= 4 is 0 Å². The summed E-state index contributed by atoms with van der Waals surface area (Å²) in [5, 5.41) is 12.6. The number of nitrogens with zero attached hydrogens (tertiary/aromatic N) is 3. The van der Waals surface area contributed by atoms with Gasteiger partial charge in [0.15, 0.2) is 0 Å². The van der Waals surface area contributed by atoms with E-state index in [2.05, 4.69) is 35.2 Å². The molecule has 2 unspecified atom stereocenters. The van der Waals surface area contributed by atoms with E-state index in [-0.39, 0.29) is 6.04 Å². The van der Waals surface area contributed by atoms with E-state index in [1.54, 1.807) is 0 Å². The molecular weight excluding hydrogens is 212 g/mol. The van der Waals surface area contributed by atoms with Crippen molar-refractivity contribution in [1.29, 1.82) is 5.26 Å². The Labute approximate surface area is 105 Å². The molecule has 0 bridgehead atoms. The largest absolute Gasteiger partial charge is 0.301 e. The van der Waals surface area contributed by atoms with E-state index in [1.807, 2.05) is 0 Å². The monoisotopic (exact) mass is 236 g/mol. The van der Waals surface area contributed by atoms with Gasteiger partial charge in [-0.05, 0) is 26.3 Å². The molecule has 1 saturated heterocycles. The predicted molar refractivity (Wildman–Crippen MR) is 68.7 cm³/mol. The smallest absolute Gasteiger partial charge is 0.108 e. The molecule has 96 valence electrons. The van der Waals surface area contributed by atoms with Crippen LogP contribution in [0.3, 0.4) is 0 Å². The van der Waals surface area contributed by atoms with E-state index in [4.69, 9.17) is 5.26 Å². The molecule has 0 aromatic rings. The molecular formula is C13H24N4. The van der Waals surface area contributed by atoms with Crippen molar-refractivity contribution in [3.8, 4) is 6.07 Å². The Morgan fingerprint density at radius 3 is 2.76 bits per heavy atom. The van der Waals surface area contributed by atoms with Crippen LogP contribution in [0.4, 0.5) is 0 Å². The van der Waals surface area contributed by atoms with Crippen molar-refractivity contribution in [3.05, 3.63) is 0 Å². The van der Waals surface area contributed by atoms with Crippen molar-refractivity contribution in [2.24, 2.45) is 0 Å². The van der Waals surface area contributed by atoms with Crippen molar-refractivity contribution in [3.63, 3.8) is 0 Å². The highest BCUT2D eigenvalue weighted by Crippen LogP contribution is 2.19. The van der Waals surface area contributed by atoms with E-state index < -0.39 is 0 Å². The maximum atomic E-state index is 9.16. The van der Waals surface area contributed by atoms with Crippen LogP contribution in [0.15, 0.2) is 0 Å². The normalized spacial score (nSPS) is 28.9. The topological polar surface area (TPSA) is 42.3 Å². The summed E-state index contributed by atoms with van der Waals surface area (Å²) < 4.78 is 0. The molecule has 0 amide bonds. The van der Waals surface area contributed by atoms with Crippen LogP contribution in [0.25, 0.3) is 0 Å². The van der Waals surface area contributed by atoms with E-state index in [9.17, 15) is 0 Å². The summed E-state index contributed by atoms with van der Waals surface area (Å²) in [6, 6.07) is 3.69. The second-order valence-corrected chi connectivity index (χ2v) is 5.42. The zero-order valence-electron chi connectivity index (χ0n) is 11.0. The van der Waals surface area contributed by atoms with Gasteiger partial charge < -0.3 is 4.90 Å². The molecule has 1 aliphatic carbocycles. The lowest BCUT2D eigenvalue weighted by Crippen LogP contribution is -2.54. The number of nitriles is 1. The van der Waals surface area contributed by atoms with Gasteiger partial charge in [-0.25, -0.2) is 0 Å². The fraction of sp³-hybridized carbons (Fsp3) is 0.923. The SMILES string of the molecule is CCC1CN(CC(C#N)NC2CC2)CCN1C. The summed E-state index contributed by atoms with van der Waals surface area (Å²) in [4.78, 5) is 4.88. The molecule has 0 radical (unpaired) electrons. The average molecular weight is 236 g/mol. The molecule has 0 spiro atoms. The minimum atomic E-state index is 0.0170. The molecule has 2 fully saturated rings. The van der Waals surface area contributed by atoms with Gasteiger partial charge in [0, 0.05) is 38.3 Å². The highest BCUT2D eigenvalue weighted by molar-refractivity contribution is 4.98. The number of likely N-dealkylation sites (N-methyl/N-ethyl adjacent to an activating group) is 1. The fourth-order valence-corrected chi connectivity index (χ4v) is 2.54. The van der Waals surface area contributed by atoms with Gasteiger partial charge in [0.05, 0.1) is 6.07 Å². The summed E-state index contributed by atoms with van der Waals surface area (Å²) >= 11 is 0. The minimum Gasteiger partial charge on any atom is -0.301 e. The van der Waals surface area contributed by atoms with Crippen LogP contribution in [-0.2, 0) is 0 Å². The molecule has 17 heavy (non-hydrogen) atoms. The third-order valence-corrected chi connectivity index (χ3v) is 3.94. The van der Waals surface area contributed by atoms with Gasteiger partial charge >= 0.3 is 0 Å². The number of nitrogens with one attached hydrogen (secondary N) is 1. The summed E-state index contributed by atoms with van der Waals surface area (Å²) in [7, 11) is 2.20. The minimum absolute atomic E-state index is 0.0170. The van der Waals surface area contributed by atoms with Gasteiger partial charge in [0.2, 0.25) is 0 Å². The quantitative estimate of drug-likeness (QED) is 0.761. The Kier molecular flexibility index (Phi) is 4.38. The maximum absolute atomic E-state index is 9.16. The van der Waals surface area contributed by atoms with Gasteiger partial charge in [0.1, 0.15) is 6.04 Å². The summed E-state index contributed by atoms with van der Waals surface area (Å²) in [5.41, 5.74) is 0. The molecule has 1 saturated carbocycles. The van der Waals surface area contributed by atoms with Crippen LogP contribution in [0.1, 0.15) is 26.2 Å². The highest BCUT2D eigenvalue weighted by atomic mass is 15.3. The first-order valence-electron chi connectivity index (χ1n) is 6.81. The Hall–Kier alpha value is -0.630. The Balaban J connectivity index is 1.79. The van der Waals surface area contributed by atoms with Gasteiger partial charge in [-0.3, -0.25) is 10.2 Å². The Morgan fingerprint density at radius 2 is 2.18 bits per heavy atom. The first-order chi connectivity index (χ1) is 8.22. The molecule has 1 aliphatic heterocycles. The summed E-state index contributed by atoms with van der Waals surface area (Å²) in [5.74, 6) is 0. The molecule has 2 atom stereocenters. The lowest BCUT2D eigenvalue weighted by atomic mass is 10.1. The fourth-order valence-electron chi connectivity index (χ4n) is 2.54. The van der Waals surface area contributed by atoms with E-state index in [1.165, 1.54) is 19.3 Å². The second kappa shape index (κ2) is 5.81. The first-order valence-corrected chi connectivity index (χ1v) is 6.81. The van der Waals surface area contributed by atoms with E-state index in [0.29, 0.717) is 12.1 Å². The molecule has 4 nitrogen and oxygen atoms in total. The molecule has 0 aromatic heterocycles. The lowest BCUT2D eigenvalue weighted by molar-refractivity contribution is 0.0897. The molecule has 2 aliphatic rings. The van der Waals surface area contributed by atoms with Crippen LogP contribution < -0.4 is 5.32 Å². The van der Waals surface area contributed by atoms with Crippen LogP contribution >= 0.6 is 0 Å². The lowest BCUT2D eigenvalue weighted by Gasteiger charge is -2.39. The third-order valence-electron chi connectivity index (χ3n) is 3.94. The van der Waals surface area contributed by atoms with Crippen LogP contribution in [0.2, 0.25) is 0 Å². The number of piperazine rings is 1. The average Bonchev–Trinajstić information content (AvgIpc) is 3.14. The van der Waals surface area contributed by atoms with Crippen molar-refractivity contribution in [2.45, 2.75) is 44.3 Å². The standard InChI is InChI=1S/C13H24N4/c1-3-13-10-17(7-6-16(13)2)9-12(8-14)15-11-4-5-11/h11-13,15H,3-7,9-10H2,1-2H3. The van der Waals surface area contributed by atoms with Gasteiger partial charge in [-0.15, -0.1) is 0 Å². The second-order valence-electron chi connectivity index (χ2n) is 5.42. The molecule has 4 heteroatoms. The molecule has 1 N–H and O–H groups in total. The van der Waals surface area contributed by atoms with Gasteiger partial charge in [-0.1, -0.05) is 6.92 Å². The summed E-state index contributed by atoms with van der Waals surface area (Å²) in [6.07, 6.45) is 3.69. The number of hydrogen-bond acceptors (Lipinski definition) is 4. The van der Waals surface area contributed by atoms with Gasteiger partial charge in [-0.2, -0.15) is 5.26 Å². The molecule has 0 aromatic carbocycles. The Morgan fingerprint density at radius 1 is 1.41 bits per heavy atom. The molecule has 2 rings (SSSR count). The number of hydrogen-bond donors (Lipinski definition) is 1. The van der Waals surface area contributed by atoms with Crippen LogP contribution in [0, 0.1) is 11.3 Å². The first kappa shape index (κ1) is 12.8. The van der Waals surface area contributed by atoms with Crippen molar-refractivity contribution in [1.82, 2.24) is 15.1 Å². The van der Waals surface area contributed by atoms with Crippen molar-refractivity contribution in [2.75, 3.05) is 33.2 Å². The number of rotatable bonds is 5. The van der Waals surface area contributed by atoms with E-state index >= 15 is 0 Å². The van der Waals surface area contributed by atoms with Crippen LogP contribution in [0.5, 0.6) is 0 Å². The predicted octanol–water partition coefficient (Wildman–Crippen LogP) is 0.657. The van der Waals surface area contributed by atoms with Crippen LogP contribution in [-0.4, -0.2) is 61.2 Å². The zero-order valence-corrected chi connectivity index (χ0v) is 11.0. The van der Waals surface area contributed by atoms with E-state index in [0.717, 1.165) is 26.2 Å². The zero-order chi connectivity index (χ0) is 12.3. The highest BCUT2D eigenvalue weighted by Gasteiger charge is 2.28. The molecule has 1 heterocycles. The van der Waals surface area contributed by atoms with Gasteiger partial charge in [0.25, 0.3) is 0 Å². The summed E-state index contributed by atoms with van der Waals surface area (Å²) in [6.45, 7) is 6.46. The maximum Gasteiger partial charge on any atom is 0.108 e. The Bertz CT molecular complexity index is 282.